The van der Waals surface area contributed by atoms with E-state index in [2.05, 4.69) is 149 Å². The number of para-hydroxylation sites is 3. The Balaban J connectivity index is 1.45. The van der Waals surface area contributed by atoms with Gasteiger partial charge in [-0.3, -0.25) is 4.57 Å². The predicted molar refractivity (Wildman–Crippen MR) is 177 cm³/mol. The van der Waals surface area contributed by atoms with Crippen LogP contribution in [0.15, 0.2) is 140 Å². The van der Waals surface area contributed by atoms with Crippen LogP contribution in [0.25, 0.3) is 71.6 Å². The molecule has 3 nitrogen and oxygen atoms in total. The van der Waals surface area contributed by atoms with Gasteiger partial charge in [0.2, 0.25) is 0 Å². The Morgan fingerprint density at radius 1 is 0.548 bits per heavy atom. The summed E-state index contributed by atoms with van der Waals surface area (Å²) in [5.74, 6) is 0.926. The first kappa shape index (κ1) is 23.3. The monoisotopic (exact) mass is 537 g/mol. The fraction of sp³-hybridized carbons (Fsp3) is 0.0513. The molecule has 198 valence electrons. The second-order valence-corrected chi connectivity index (χ2v) is 11.1. The first-order valence-electron chi connectivity index (χ1n) is 14.6. The van der Waals surface area contributed by atoms with Crippen LogP contribution in [0.3, 0.4) is 0 Å². The van der Waals surface area contributed by atoms with Crippen LogP contribution in [0.2, 0.25) is 0 Å². The van der Waals surface area contributed by atoms with E-state index >= 15 is 0 Å². The second-order valence-electron chi connectivity index (χ2n) is 11.1. The molecule has 3 heterocycles. The molecule has 0 unspecified atom stereocenters. The van der Waals surface area contributed by atoms with Crippen molar-refractivity contribution in [1.29, 1.82) is 0 Å². The van der Waals surface area contributed by atoms with Gasteiger partial charge in [-0.05, 0) is 66.4 Å². The molecule has 0 saturated carbocycles. The number of pyridine rings is 1. The molecule has 3 heteroatoms. The third-order valence-corrected chi connectivity index (χ3v) is 8.71. The molecule has 0 atom stereocenters. The number of nitrogens with zero attached hydrogens (tertiary/aromatic N) is 3. The van der Waals surface area contributed by atoms with Crippen molar-refractivity contribution in [3.63, 3.8) is 0 Å². The minimum absolute atomic E-state index is 0.926. The largest absolute Gasteiger partial charge is 0.307 e. The molecule has 42 heavy (non-hydrogen) atoms. The van der Waals surface area contributed by atoms with E-state index in [1.54, 1.807) is 0 Å². The van der Waals surface area contributed by atoms with Gasteiger partial charge in [0.1, 0.15) is 5.82 Å². The number of hydrogen-bond donors (Lipinski definition) is 0. The Hall–Kier alpha value is -5.41. The van der Waals surface area contributed by atoms with E-state index in [1.165, 1.54) is 49.2 Å². The summed E-state index contributed by atoms with van der Waals surface area (Å²) in [5.41, 5.74) is 9.44. The molecule has 0 N–H and O–H groups in total. The topological polar surface area (TPSA) is 22.8 Å². The molecule has 0 radical (unpaired) electrons. The number of aromatic nitrogens is 3. The van der Waals surface area contributed by atoms with Crippen LogP contribution in [0.4, 0.5) is 0 Å². The zero-order valence-electron chi connectivity index (χ0n) is 23.0. The fourth-order valence-corrected chi connectivity index (χ4v) is 6.84. The van der Waals surface area contributed by atoms with Gasteiger partial charge in [-0.15, -0.1) is 0 Å². The Kier molecular flexibility index (Phi) is 5.02. The van der Waals surface area contributed by atoms with Crippen molar-refractivity contribution in [1.82, 2.24) is 14.1 Å². The lowest BCUT2D eigenvalue weighted by Crippen LogP contribution is -2.01. The molecule has 8 aromatic rings. The minimum atomic E-state index is 0.926. The Labute approximate surface area is 243 Å². The lowest BCUT2D eigenvalue weighted by molar-refractivity contribution is 1.04. The molecule has 0 bridgehead atoms. The maximum absolute atomic E-state index is 5.20. The Morgan fingerprint density at radius 3 is 2.05 bits per heavy atom. The van der Waals surface area contributed by atoms with Crippen LogP contribution < -0.4 is 0 Å². The summed E-state index contributed by atoms with van der Waals surface area (Å²) in [5, 5.41) is 6.09. The lowest BCUT2D eigenvalue weighted by atomic mass is 9.99. The summed E-state index contributed by atoms with van der Waals surface area (Å²) < 4.78 is 4.82. The van der Waals surface area contributed by atoms with Crippen LogP contribution in [-0.4, -0.2) is 14.1 Å². The maximum atomic E-state index is 5.20. The summed E-state index contributed by atoms with van der Waals surface area (Å²) in [6, 6.07) is 43.8. The Morgan fingerprint density at radius 2 is 1.26 bits per heavy atom. The highest BCUT2D eigenvalue weighted by Crippen LogP contribution is 2.41. The van der Waals surface area contributed by atoms with E-state index in [9.17, 15) is 0 Å². The number of hydrogen-bond acceptors (Lipinski definition) is 1. The molecule has 5 aromatic carbocycles. The van der Waals surface area contributed by atoms with Gasteiger partial charge in [0.05, 0.1) is 27.6 Å². The van der Waals surface area contributed by atoms with E-state index in [4.69, 9.17) is 4.98 Å². The van der Waals surface area contributed by atoms with E-state index < -0.39 is 0 Å². The van der Waals surface area contributed by atoms with E-state index in [1.807, 2.05) is 0 Å². The van der Waals surface area contributed by atoms with Gasteiger partial charge in [0.25, 0.3) is 0 Å². The van der Waals surface area contributed by atoms with Crippen LogP contribution >= 0.6 is 0 Å². The van der Waals surface area contributed by atoms with Gasteiger partial charge in [-0.25, -0.2) is 4.98 Å². The van der Waals surface area contributed by atoms with Crippen molar-refractivity contribution in [2.45, 2.75) is 12.8 Å². The molecular weight excluding hydrogens is 510 g/mol. The normalized spacial score (nSPS) is 13.6. The Bertz CT molecular complexity index is 2410. The highest BCUT2D eigenvalue weighted by atomic mass is 15.1. The van der Waals surface area contributed by atoms with Crippen molar-refractivity contribution in [3.05, 3.63) is 145 Å². The molecule has 0 spiro atoms. The molecule has 3 aromatic heterocycles. The molecule has 0 saturated heterocycles. The smallest absolute Gasteiger partial charge is 0.138 e. The summed E-state index contributed by atoms with van der Waals surface area (Å²) >= 11 is 0. The van der Waals surface area contributed by atoms with Gasteiger partial charge < -0.3 is 4.57 Å². The van der Waals surface area contributed by atoms with Gasteiger partial charge >= 0.3 is 0 Å². The number of benzene rings is 5. The van der Waals surface area contributed by atoms with Crippen molar-refractivity contribution >= 4 is 60.1 Å². The van der Waals surface area contributed by atoms with Crippen LogP contribution in [0, 0.1) is 0 Å². The minimum Gasteiger partial charge on any atom is -0.307 e. The SMILES string of the molecule is C1=CC(c2cccc(-n3c4ccccc4c4ccc5c6ccccc6n(-c6ccc7ccccc7n6)c5c43)c2)=CCC1. The molecule has 0 aliphatic heterocycles. The molecule has 0 amide bonds. The van der Waals surface area contributed by atoms with Crippen LogP contribution in [-0.2, 0) is 0 Å². The number of allylic oxidation sites excluding steroid dienone is 4. The third-order valence-electron chi connectivity index (χ3n) is 8.71. The second kappa shape index (κ2) is 9.05. The highest BCUT2D eigenvalue weighted by molar-refractivity contribution is 6.23. The molecule has 9 rings (SSSR count). The molecular formula is C39H27N3. The van der Waals surface area contributed by atoms with Crippen molar-refractivity contribution in [2.24, 2.45) is 0 Å². The zero-order valence-corrected chi connectivity index (χ0v) is 23.0. The first-order chi connectivity index (χ1) is 20.8. The van der Waals surface area contributed by atoms with E-state index in [-0.39, 0.29) is 0 Å². The number of fused-ring (bicyclic) bond motifs is 8. The summed E-state index contributed by atoms with van der Waals surface area (Å²) in [7, 11) is 0. The first-order valence-corrected chi connectivity index (χ1v) is 14.6. The molecule has 1 aliphatic carbocycles. The van der Waals surface area contributed by atoms with Crippen molar-refractivity contribution in [3.8, 4) is 11.5 Å². The molecule has 1 aliphatic rings. The van der Waals surface area contributed by atoms with Crippen LogP contribution in [0.1, 0.15) is 18.4 Å². The van der Waals surface area contributed by atoms with Gasteiger partial charge in [-0.1, -0.05) is 97.1 Å². The standard InChI is InChI=1S/C39H27N3/c1-2-11-26(12-3-1)28-14-10-15-29(25-28)41-35-19-8-5-16-30(35)32-22-23-33-31-17-6-9-20-36(31)42(39(33)38(32)41)37-24-21-27-13-4-7-18-34(27)40-37/h2,4-25H,1,3H2. The average molecular weight is 538 g/mol. The number of rotatable bonds is 3. The van der Waals surface area contributed by atoms with Gasteiger partial charge in [0, 0.05) is 32.6 Å². The van der Waals surface area contributed by atoms with Gasteiger partial charge in [0.15, 0.2) is 0 Å². The maximum Gasteiger partial charge on any atom is 0.138 e. The average Bonchev–Trinajstić information content (AvgIpc) is 3.58. The fourth-order valence-electron chi connectivity index (χ4n) is 6.84. The third kappa shape index (κ3) is 3.37. The van der Waals surface area contributed by atoms with Gasteiger partial charge in [-0.2, -0.15) is 0 Å². The van der Waals surface area contributed by atoms with Crippen molar-refractivity contribution < 1.29 is 0 Å². The van der Waals surface area contributed by atoms with E-state index in [0.717, 1.165) is 40.8 Å². The summed E-state index contributed by atoms with van der Waals surface area (Å²) in [6.45, 7) is 0. The zero-order chi connectivity index (χ0) is 27.6. The summed E-state index contributed by atoms with van der Waals surface area (Å²) in [6.07, 6.45) is 9.09. The summed E-state index contributed by atoms with van der Waals surface area (Å²) in [4.78, 5) is 5.20. The quantitative estimate of drug-likeness (QED) is 0.220. The van der Waals surface area contributed by atoms with Crippen molar-refractivity contribution in [2.75, 3.05) is 0 Å². The highest BCUT2D eigenvalue weighted by Gasteiger charge is 2.21. The van der Waals surface area contributed by atoms with Crippen LogP contribution in [0.5, 0.6) is 0 Å². The predicted octanol–water partition coefficient (Wildman–Crippen LogP) is 10.2. The molecule has 0 fully saturated rings. The van der Waals surface area contributed by atoms with E-state index in [0.29, 0.717) is 0 Å². The lowest BCUT2D eigenvalue weighted by Gasteiger charge is -2.14.